The number of hydrogen-bond donors (Lipinski definition) is 0. The van der Waals surface area contributed by atoms with Crippen LogP contribution in [0.15, 0.2) is 16.7 Å². The minimum Gasteiger partial charge on any atom is -0.469 e. The maximum atomic E-state index is 12.4. The van der Waals surface area contributed by atoms with Gasteiger partial charge in [0.25, 0.3) is 5.91 Å². The number of aryl methyl sites for hydroxylation is 1. The Morgan fingerprint density at radius 3 is 2.83 bits per heavy atom. The first-order valence-corrected chi connectivity index (χ1v) is 6.31. The highest BCUT2D eigenvalue weighted by Crippen LogP contribution is 2.31. The minimum atomic E-state index is -0.564. The Morgan fingerprint density at radius 1 is 1.39 bits per heavy atom. The number of carbonyl (C=O) groups excluding carboxylic acids is 1. The molecule has 98 valence electrons. The third kappa shape index (κ3) is 1.93. The lowest BCUT2D eigenvalue weighted by Crippen LogP contribution is -2.51. The molecule has 18 heavy (non-hydrogen) atoms. The van der Waals surface area contributed by atoms with Gasteiger partial charge in [0.15, 0.2) is 5.79 Å². The van der Waals surface area contributed by atoms with Crippen LogP contribution in [-0.4, -0.2) is 42.9 Å². The van der Waals surface area contributed by atoms with Crippen molar-refractivity contribution < 1.29 is 18.7 Å². The number of furan rings is 1. The smallest absolute Gasteiger partial charge is 0.257 e. The molecule has 0 bridgehead atoms. The van der Waals surface area contributed by atoms with Crippen LogP contribution in [0, 0.1) is 6.92 Å². The average molecular weight is 251 g/mol. The van der Waals surface area contributed by atoms with Crippen molar-refractivity contribution in [2.75, 3.05) is 26.3 Å². The summed E-state index contributed by atoms with van der Waals surface area (Å²) in [6.07, 6.45) is 3.31. The van der Waals surface area contributed by atoms with Gasteiger partial charge >= 0.3 is 0 Å². The highest BCUT2D eigenvalue weighted by atomic mass is 16.7. The van der Waals surface area contributed by atoms with E-state index in [9.17, 15) is 4.79 Å². The number of nitrogens with zero attached hydrogens (tertiary/aromatic N) is 1. The second-order valence-electron chi connectivity index (χ2n) is 4.83. The van der Waals surface area contributed by atoms with Crippen molar-refractivity contribution in [2.45, 2.75) is 25.6 Å². The third-order valence-corrected chi connectivity index (χ3v) is 3.61. The molecule has 0 saturated carbocycles. The number of amides is 1. The molecule has 1 amide bonds. The molecule has 5 nitrogen and oxygen atoms in total. The van der Waals surface area contributed by atoms with E-state index < -0.39 is 5.79 Å². The third-order valence-electron chi connectivity index (χ3n) is 3.61. The molecule has 2 aliphatic rings. The van der Waals surface area contributed by atoms with Gasteiger partial charge in [0.1, 0.15) is 5.76 Å². The van der Waals surface area contributed by atoms with E-state index in [-0.39, 0.29) is 5.91 Å². The van der Waals surface area contributed by atoms with Gasteiger partial charge in [-0.05, 0) is 19.4 Å². The lowest BCUT2D eigenvalue weighted by molar-refractivity contribution is -0.183. The van der Waals surface area contributed by atoms with Crippen molar-refractivity contribution in [2.24, 2.45) is 0 Å². The molecular weight excluding hydrogens is 234 g/mol. The maximum Gasteiger partial charge on any atom is 0.257 e. The molecule has 2 aliphatic heterocycles. The first-order valence-electron chi connectivity index (χ1n) is 6.31. The van der Waals surface area contributed by atoms with E-state index in [1.54, 1.807) is 24.2 Å². The fourth-order valence-corrected chi connectivity index (χ4v) is 2.67. The lowest BCUT2D eigenvalue weighted by Gasteiger charge is -2.38. The summed E-state index contributed by atoms with van der Waals surface area (Å²) in [6, 6.07) is 1.72. The highest BCUT2D eigenvalue weighted by Gasteiger charge is 2.42. The van der Waals surface area contributed by atoms with Gasteiger partial charge in [-0.3, -0.25) is 4.79 Å². The van der Waals surface area contributed by atoms with E-state index in [1.165, 1.54) is 0 Å². The maximum absolute atomic E-state index is 12.4. The molecule has 2 fully saturated rings. The molecule has 0 aliphatic carbocycles. The SMILES string of the molecule is Cc1occc1C(=O)N1CCCC2(C1)OCCO2. The molecular formula is C13H17NO4. The molecule has 0 radical (unpaired) electrons. The van der Waals surface area contributed by atoms with Gasteiger partial charge in [0.05, 0.1) is 31.6 Å². The summed E-state index contributed by atoms with van der Waals surface area (Å²) in [6.45, 7) is 4.30. The van der Waals surface area contributed by atoms with Gasteiger partial charge in [-0.2, -0.15) is 0 Å². The topological polar surface area (TPSA) is 51.9 Å². The molecule has 3 heterocycles. The van der Waals surface area contributed by atoms with Gasteiger partial charge < -0.3 is 18.8 Å². The normalized spacial score (nSPS) is 22.6. The number of carbonyl (C=O) groups is 1. The molecule has 1 aromatic rings. The van der Waals surface area contributed by atoms with Crippen molar-refractivity contribution in [3.8, 4) is 0 Å². The zero-order valence-electron chi connectivity index (χ0n) is 10.5. The number of rotatable bonds is 1. The summed E-state index contributed by atoms with van der Waals surface area (Å²) in [5.74, 6) is 0.0956. The molecule has 0 atom stereocenters. The van der Waals surface area contributed by atoms with Crippen molar-refractivity contribution in [1.29, 1.82) is 0 Å². The first kappa shape index (κ1) is 11.7. The van der Waals surface area contributed by atoms with E-state index >= 15 is 0 Å². The zero-order chi connectivity index (χ0) is 12.6. The minimum absolute atomic E-state index is 0.000532. The Bertz CT molecular complexity index is 448. The van der Waals surface area contributed by atoms with E-state index in [0.717, 1.165) is 19.4 Å². The summed E-state index contributed by atoms with van der Waals surface area (Å²) in [5.41, 5.74) is 0.630. The standard InChI is InChI=1S/C13H17NO4/c1-10-11(3-6-16-10)12(15)14-5-2-4-13(9-14)17-7-8-18-13/h3,6H,2,4-5,7-9H2,1H3. The zero-order valence-corrected chi connectivity index (χ0v) is 10.5. The summed E-state index contributed by atoms with van der Waals surface area (Å²) in [4.78, 5) is 14.2. The van der Waals surface area contributed by atoms with Gasteiger partial charge in [-0.25, -0.2) is 0 Å². The van der Waals surface area contributed by atoms with E-state index in [4.69, 9.17) is 13.9 Å². The van der Waals surface area contributed by atoms with Crippen LogP contribution in [0.5, 0.6) is 0 Å². The fraction of sp³-hybridized carbons (Fsp3) is 0.615. The second-order valence-corrected chi connectivity index (χ2v) is 4.83. The van der Waals surface area contributed by atoms with E-state index in [1.807, 2.05) is 0 Å². The van der Waals surface area contributed by atoms with Crippen LogP contribution in [0.2, 0.25) is 0 Å². The summed E-state index contributed by atoms with van der Waals surface area (Å²) in [7, 11) is 0. The summed E-state index contributed by atoms with van der Waals surface area (Å²) >= 11 is 0. The van der Waals surface area contributed by atoms with Crippen molar-refractivity contribution in [3.63, 3.8) is 0 Å². The van der Waals surface area contributed by atoms with Gasteiger partial charge in [-0.1, -0.05) is 0 Å². The van der Waals surface area contributed by atoms with Crippen molar-refractivity contribution in [3.05, 3.63) is 23.7 Å². The molecule has 2 saturated heterocycles. The largest absolute Gasteiger partial charge is 0.469 e. The fourth-order valence-electron chi connectivity index (χ4n) is 2.67. The molecule has 1 aromatic heterocycles. The van der Waals surface area contributed by atoms with Crippen molar-refractivity contribution in [1.82, 2.24) is 4.90 Å². The van der Waals surface area contributed by atoms with Crippen molar-refractivity contribution >= 4 is 5.91 Å². The monoisotopic (exact) mass is 251 g/mol. The van der Waals surface area contributed by atoms with Gasteiger partial charge in [0, 0.05) is 13.0 Å². The number of piperidine rings is 1. The van der Waals surface area contributed by atoms with Crippen LogP contribution in [0.3, 0.4) is 0 Å². The predicted octanol–water partition coefficient (Wildman–Crippen LogP) is 1.57. The Kier molecular flexibility index (Phi) is 2.87. The first-order chi connectivity index (χ1) is 8.70. The molecule has 0 N–H and O–H groups in total. The summed E-state index contributed by atoms with van der Waals surface area (Å²) < 4.78 is 16.5. The average Bonchev–Trinajstić information content (AvgIpc) is 2.98. The quantitative estimate of drug-likeness (QED) is 0.760. The Balaban J connectivity index is 1.76. The predicted molar refractivity (Wildman–Crippen MR) is 63.2 cm³/mol. The van der Waals surface area contributed by atoms with Crippen LogP contribution < -0.4 is 0 Å². The van der Waals surface area contributed by atoms with Gasteiger partial charge in [0.2, 0.25) is 0 Å². The lowest BCUT2D eigenvalue weighted by atomic mass is 10.0. The van der Waals surface area contributed by atoms with E-state index in [2.05, 4.69) is 0 Å². The van der Waals surface area contributed by atoms with Crippen LogP contribution in [0.4, 0.5) is 0 Å². The van der Waals surface area contributed by atoms with Gasteiger partial charge in [-0.15, -0.1) is 0 Å². The highest BCUT2D eigenvalue weighted by molar-refractivity contribution is 5.95. The Labute approximate surface area is 106 Å². The molecule has 1 spiro atoms. The van der Waals surface area contributed by atoms with E-state index in [0.29, 0.717) is 31.1 Å². The molecule has 3 rings (SSSR count). The molecule has 5 heteroatoms. The molecule has 0 aromatic carbocycles. The van der Waals surface area contributed by atoms with Crippen LogP contribution >= 0.6 is 0 Å². The number of ether oxygens (including phenoxy) is 2. The van der Waals surface area contributed by atoms with Crippen LogP contribution in [0.1, 0.15) is 29.0 Å². The summed E-state index contributed by atoms with van der Waals surface area (Å²) in [5, 5.41) is 0. The number of likely N-dealkylation sites (tertiary alicyclic amines) is 1. The van der Waals surface area contributed by atoms with Crippen LogP contribution in [0.25, 0.3) is 0 Å². The van der Waals surface area contributed by atoms with Crippen LogP contribution in [-0.2, 0) is 9.47 Å². The Morgan fingerprint density at radius 2 is 2.17 bits per heavy atom. The number of hydrogen-bond acceptors (Lipinski definition) is 4. The Hall–Kier alpha value is -1.33. The second kappa shape index (κ2) is 4.40. The molecule has 0 unspecified atom stereocenters.